The molecule has 0 aliphatic heterocycles. The number of hydrogen-bond acceptors (Lipinski definition) is 3. The first-order chi connectivity index (χ1) is 8.26. The second-order valence-electron chi connectivity index (χ2n) is 3.51. The highest BCUT2D eigenvalue weighted by atomic mass is 79.9. The van der Waals surface area contributed by atoms with E-state index in [-0.39, 0.29) is 0 Å². The Bertz CT molecular complexity index is 475. The van der Waals surface area contributed by atoms with Crippen molar-refractivity contribution in [1.29, 1.82) is 0 Å². The van der Waals surface area contributed by atoms with Crippen LogP contribution in [0.4, 0.5) is 0 Å². The van der Waals surface area contributed by atoms with Crippen LogP contribution < -0.4 is 0 Å². The first kappa shape index (κ1) is 12.4. The zero-order valence-electron chi connectivity index (χ0n) is 9.64. The van der Waals surface area contributed by atoms with Crippen LogP contribution >= 0.6 is 15.9 Å². The average molecular weight is 297 g/mol. The summed E-state index contributed by atoms with van der Waals surface area (Å²) in [5.74, 6) is 0.798. The van der Waals surface area contributed by atoms with Gasteiger partial charge in [0.15, 0.2) is 6.29 Å². The molecular formula is C13H13BrO3. The number of methoxy groups -OCH3 is 2. The minimum absolute atomic E-state index is 0.410. The normalized spacial score (nSPS) is 11.1. The molecular weight excluding hydrogens is 284 g/mol. The van der Waals surface area contributed by atoms with Gasteiger partial charge < -0.3 is 13.9 Å². The van der Waals surface area contributed by atoms with Crippen molar-refractivity contribution in [2.45, 2.75) is 6.29 Å². The van der Waals surface area contributed by atoms with E-state index in [4.69, 9.17) is 13.9 Å². The molecule has 3 nitrogen and oxygen atoms in total. The molecule has 4 heteroatoms. The zero-order chi connectivity index (χ0) is 12.3. The summed E-state index contributed by atoms with van der Waals surface area (Å²) in [6.45, 7) is 0. The van der Waals surface area contributed by atoms with Gasteiger partial charge in [0, 0.05) is 29.8 Å². The van der Waals surface area contributed by atoms with Crippen LogP contribution in [-0.4, -0.2) is 14.2 Å². The smallest absolute Gasteiger partial charge is 0.183 e. The van der Waals surface area contributed by atoms with Gasteiger partial charge in [0.05, 0.1) is 6.26 Å². The van der Waals surface area contributed by atoms with Gasteiger partial charge in [-0.05, 0) is 30.3 Å². The summed E-state index contributed by atoms with van der Waals surface area (Å²) < 4.78 is 17.0. The van der Waals surface area contributed by atoms with E-state index < -0.39 is 6.29 Å². The lowest BCUT2D eigenvalue weighted by molar-refractivity contribution is -0.105. The topological polar surface area (TPSA) is 31.6 Å². The number of furan rings is 1. The van der Waals surface area contributed by atoms with Crippen LogP contribution in [0.3, 0.4) is 0 Å². The molecule has 90 valence electrons. The molecule has 0 atom stereocenters. The lowest BCUT2D eigenvalue weighted by Crippen LogP contribution is -2.05. The highest BCUT2D eigenvalue weighted by molar-refractivity contribution is 9.10. The van der Waals surface area contributed by atoms with Gasteiger partial charge in [0.25, 0.3) is 0 Å². The molecule has 0 bridgehead atoms. The summed E-state index contributed by atoms with van der Waals surface area (Å²) in [5, 5.41) is 0. The fourth-order valence-corrected chi connectivity index (χ4v) is 2.11. The third-order valence-electron chi connectivity index (χ3n) is 2.48. The van der Waals surface area contributed by atoms with E-state index in [0.717, 1.165) is 21.4 Å². The Morgan fingerprint density at radius 3 is 2.53 bits per heavy atom. The second-order valence-corrected chi connectivity index (χ2v) is 4.43. The molecule has 0 radical (unpaired) electrons. The molecule has 1 aromatic carbocycles. The summed E-state index contributed by atoms with van der Waals surface area (Å²) in [4.78, 5) is 0. The van der Waals surface area contributed by atoms with Crippen molar-refractivity contribution in [2.24, 2.45) is 0 Å². The Hall–Kier alpha value is -1.10. The predicted octanol–water partition coefficient (Wildman–Crippen LogP) is 4.00. The van der Waals surface area contributed by atoms with Crippen molar-refractivity contribution in [3.63, 3.8) is 0 Å². The van der Waals surface area contributed by atoms with Gasteiger partial charge in [-0.15, -0.1) is 0 Å². The summed E-state index contributed by atoms with van der Waals surface area (Å²) in [5.41, 5.74) is 1.89. The number of hydrogen-bond donors (Lipinski definition) is 0. The van der Waals surface area contributed by atoms with E-state index in [9.17, 15) is 0 Å². The van der Waals surface area contributed by atoms with Crippen molar-refractivity contribution >= 4 is 15.9 Å². The highest BCUT2D eigenvalue weighted by Gasteiger charge is 2.17. The maximum Gasteiger partial charge on any atom is 0.183 e. The van der Waals surface area contributed by atoms with Crippen molar-refractivity contribution in [1.82, 2.24) is 0 Å². The first-order valence-electron chi connectivity index (χ1n) is 5.15. The van der Waals surface area contributed by atoms with E-state index in [1.54, 1.807) is 20.5 Å². The van der Waals surface area contributed by atoms with Gasteiger partial charge in [-0.25, -0.2) is 0 Å². The number of halogens is 1. The van der Waals surface area contributed by atoms with Gasteiger partial charge in [0.2, 0.25) is 0 Å². The molecule has 0 spiro atoms. The molecule has 0 fully saturated rings. The fraction of sp³-hybridized carbons (Fsp3) is 0.231. The van der Waals surface area contributed by atoms with E-state index in [0.29, 0.717) is 0 Å². The molecule has 0 aliphatic carbocycles. The quantitative estimate of drug-likeness (QED) is 0.799. The van der Waals surface area contributed by atoms with E-state index in [2.05, 4.69) is 15.9 Å². The Morgan fingerprint density at radius 2 is 1.94 bits per heavy atom. The van der Waals surface area contributed by atoms with Crippen molar-refractivity contribution in [3.8, 4) is 11.3 Å². The molecule has 0 saturated heterocycles. The average Bonchev–Trinajstić information content (AvgIpc) is 2.84. The Balaban J connectivity index is 2.51. The molecule has 2 aromatic rings. The minimum atomic E-state index is -0.410. The van der Waals surface area contributed by atoms with Crippen molar-refractivity contribution in [3.05, 3.63) is 46.6 Å². The summed E-state index contributed by atoms with van der Waals surface area (Å²) in [7, 11) is 3.22. The van der Waals surface area contributed by atoms with Crippen LogP contribution in [-0.2, 0) is 9.47 Å². The van der Waals surface area contributed by atoms with Crippen LogP contribution in [0, 0.1) is 0 Å². The van der Waals surface area contributed by atoms with E-state index in [1.165, 1.54) is 0 Å². The Kier molecular flexibility index (Phi) is 3.99. The minimum Gasteiger partial charge on any atom is -0.464 e. The number of rotatable bonds is 4. The van der Waals surface area contributed by atoms with E-state index in [1.807, 2.05) is 30.3 Å². The highest BCUT2D eigenvalue weighted by Crippen LogP contribution is 2.32. The van der Waals surface area contributed by atoms with E-state index >= 15 is 0 Å². The Labute approximate surface area is 108 Å². The zero-order valence-corrected chi connectivity index (χ0v) is 11.2. The lowest BCUT2D eigenvalue weighted by Gasteiger charge is -2.17. The van der Waals surface area contributed by atoms with Crippen molar-refractivity contribution < 1.29 is 13.9 Å². The third kappa shape index (κ3) is 2.60. The number of ether oxygens (including phenoxy) is 2. The molecule has 0 amide bonds. The maximum absolute atomic E-state index is 5.41. The molecule has 0 saturated carbocycles. The first-order valence-corrected chi connectivity index (χ1v) is 5.94. The summed E-state index contributed by atoms with van der Waals surface area (Å²) >= 11 is 3.44. The molecule has 17 heavy (non-hydrogen) atoms. The SMILES string of the molecule is COC(OC)c1cc(Br)ccc1-c1ccco1. The molecule has 0 unspecified atom stereocenters. The largest absolute Gasteiger partial charge is 0.464 e. The van der Waals surface area contributed by atoms with Crippen LogP contribution in [0.1, 0.15) is 11.9 Å². The van der Waals surface area contributed by atoms with Gasteiger partial charge in [-0.1, -0.05) is 15.9 Å². The maximum atomic E-state index is 5.41. The fourth-order valence-electron chi connectivity index (χ4n) is 1.73. The monoisotopic (exact) mass is 296 g/mol. The molecule has 1 heterocycles. The summed E-state index contributed by atoms with van der Waals surface area (Å²) in [6.07, 6.45) is 1.24. The van der Waals surface area contributed by atoms with Crippen LogP contribution in [0.25, 0.3) is 11.3 Å². The third-order valence-corrected chi connectivity index (χ3v) is 2.98. The van der Waals surface area contributed by atoms with Crippen LogP contribution in [0.15, 0.2) is 45.5 Å². The second kappa shape index (κ2) is 5.49. The molecule has 0 N–H and O–H groups in total. The van der Waals surface area contributed by atoms with Gasteiger partial charge >= 0.3 is 0 Å². The van der Waals surface area contributed by atoms with Crippen LogP contribution in [0.2, 0.25) is 0 Å². The van der Waals surface area contributed by atoms with Gasteiger partial charge in [-0.3, -0.25) is 0 Å². The van der Waals surface area contributed by atoms with Crippen molar-refractivity contribution in [2.75, 3.05) is 14.2 Å². The molecule has 2 rings (SSSR count). The number of benzene rings is 1. The molecule has 0 aliphatic rings. The molecule has 1 aromatic heterocycles. The van der Waals surface area contributed by atoms with Gasteiger partial charge in [-0.2, -0.15) is 0 Å². The Morgan fingerprint density at radius 1 is 1.18 bits per heavy atom. The predicted molar refractivity (Wildman–Crippen MR) is 68.6 cm³/mol. The van der Waals surface area contributed by atoms with Crippen LogP contribution in [0.5, 0.6) is 0 Å². The van der Waals surface area contributed by atoms with Gasteiger partial charge in [0.1, 0.15) is 5.76 Å². The standard InChI is InChI=1S/C13H13BrO3/c1-15-13(16-2)11-8-9(14)5-6-10(11)12-4-3-7-17-12/h3-8,13H,1-2H3. The lowest BCUT2D eigenvalue weighted by atomic mass is 10.0. The summed E-state index contributed by atoms with van der Waals surface area (Å²) in [6, 6.07) is 9.67.